The highest BCUT2D eigenvalue weighted by atomic mass is 16.5. The van der Waals surface area contributed by atoms with Gasteiger partial charge in [-0.15, -0.1) is 0 Å². The van der Waals surface area contributed by atoms with Crippen LogP contribution < -0.4 is 0 Å². The van der Waals surface area contributed by atoms with Gasteiger partial charge in [0, 0.05) is 14.2 Å². The normalized spacial score (nSPS) is 12.5. The second kappa shape index (κ2) is 4.66. The second-order valence-electron chi connectivity index (χ2n) is 2.89. The zero-order valence-electron chi connectivity index (χ0n) is 7.20. The molecule has 0 saturated carbocycles. The molecule has 68 valence electrons. The minimum atomic E-state index is -1.41. The molecular weight excluding hydrogens is 148 g/mol. The SMILES string of the molecule is COCC(C)(COC)C(O)O. The molecule has 0 aliphatic carbocycles. The van der Waals surface area contributed by atoms with Crippen molar-refractivity contribution < 1.29 is 19.7 Å². The minimum absolute atomic E-state index is 0.262. The summed E-state index contributed by atoms with van der Waals surface area (Å²) in [6.07, 6.45) is -1.41. The molecule has 0 unspecified atom stereocenters. The van der Waals surface area contributed by atoms with E-state index in [1.807, 2.05) is 0 Å². The number of ether oxygens (including phenoxy) is 2. The summed E-state index contributed by atoms with van der Waals surface area (Å²) in [4.78, 5) is 0. The van der Waals surface area contributed by atoms with E-state index in [0.29, 0.717) is 0 Å². The van der Waals surface area contributed by atoms with E-state index in [1.54, 1.807) is 6.92 Å². The Morgan fingerprint density at radius 1 is 1.18 bits per heavy atom. The summed E-state index contributed by atoms with van der Waals surface area (Å²) in [5.74, 6) is 0. The van der Waals surface area contributed by atoms with Gasteiger partial charge in [-0.3, -0.25) is 0 Å². The van der Waals surface area contributed by atoms with Crippen LogP contribution in [-0.2, 0) is 9.47 Å². The molecule has 0 rings (SSSR count). The lowest BCUT2D eigenvalue weighted by molar-refractivity contribution is -0.167. The summed E-state index contributed by atoms with van der Waals surface area (Å²) in [5, 5.41) is 17.9. The zero-order chi connectivity index (χ0) is 8.91. The Bertz CT molecular complexity index is 96.6. The molecule has 0 amide bonds. The van der Waals surface area contributed by atoms with E-state index >= 15 is 0 Å². The number of methoxy groups -OCH3 is 2. The molecule has 0 aromatic carbocycles. The maximum atomic E-state index is 8.93. The molecular formula is C7H16O4. The molecule has 0 aliphatic rings. The van der Waals surface area contributed by atoms with E-state index in [0.717, 1.165) is 0 Å². The van der Waals surface area contributed by atoms with Gasteiger partial charge in [0.2, 0.25) is 0 Å². The molecule has 2 N–H and O–H groups in total. The van der Waals surface area contributed by atoms with Gasteiger partial charge in [-0.05, 0) is 0 Å². The molecule has 4 heteroatoms. The highest BCUT2D eigenvalue weighted by Crippen LogP contribution is 2.20. The van der Waals surface area contributed by atoms with E-state index in [9.17, 15) is 0 Å². The van der Waals surface area contributed by atoms with Crippen molar-refractivity contribution in [2.45, 2.75) is 13.2 Å². The Labute approximate surface area is 66.7 Å². The van der Waals surface area contributed by atoms with Crippen LogP contribution in [0.4, 0.5) is 0 Å². The molecule has 4 nitrogen and oxygen atoms in total. The van der Waals surface area contributed by atoms with Gasteiger partial charge in [0.05, 0.1) is 18.6 Å². The lowest BCUT2D eigenvalue weighted by Crippen LogP contribution is -2.40. The summed E-state index contributed by atoms with van der Waals surface area (Å²) in [5.41, 5.74) is -0.733. The summed E-state index contributed by atoms with van der Waals surface area (Å²) >= 11 is 0. The number of hydrogen-bond acceptors (Lipinski definition) is 4. The highest BCUT2D eigenvalue weighted by molar-refractivity contribution is 4.75. The Morgan fingerprint density at radius 3 is 1.73 bits per heavy atom. The van der Waals surface area contributed by atoms with Gasteiger partial charge < -0.3 is 19.7 Å². The van der Waals surface area contributed by atoms with Crippen molar-refractivity contribution in [3.05, 3.63) is 0 Å². The van der Waals surface area contributed by atoms with Crippen LogP contribution >= 0.6 is 0 Å². The van der Waals surface area contributed by atoms with Gasteiger partial charge in [-0.2, -0.15) is 0 Å². The average Bonchev–Trinajstić information content (AvgIpc) is 1.88. The molecule has 0 heterocycles. The second-order valence-corrected chi connectivity index (χ2v) is 2.89. The first-order valence-corrected chi connectivity index (χ1v) is 3.41. The summed E-state index contributed by atoms with van der Waals surface area (Å²) < 4.78 is 9.64. The molecule has 0 radical (unpaired) electrons. The van der Waals surface area contributed by atoms with E-state index in [4.69, 9.17) is 19.7 Å². The van der Waals surface area contributed by atoms with E-state index in [2.05, 4.69) is 0 Å². The van der Waals surface area contributed by atoms with Crippen LogP contribution in [0.15, 0.2) is 0 Å². The van der Waals surface area contributed by atoms with Crippen LogP contribution in [0.25, 0.3) is 0 Å². The standard InChI is InChI=1S/C7H16O4/c1-7(4-10-2,5-11-3)6(8)9/h6,8-9H,4-5H2,1-3H3. The first-order chi connectivity index (χ1) is 5.06. The van der Waals surface area contributed by atoms with E-state index < -0.39 is 11.7 Å². The van der Waals surface area contributed by atoms with Crippen molar-refractivity contribution in [1.82, 2.24) is 0 Å². The van der Waals surface area contributed by atoms with Crippen molar-refractivity contribution in [3.8, 4) is 0 Å². The topological polar surface area (TPSA) is 58.9 Å². The van der Waals surface area contributed by atoms with Crippen LogP contribution in [0.5, 0.6) is 0 Å². The van der Waals surface area contributed by atoms with Gasteiger partial charge in [-0.25, -0.2) is 0 Å². The Kier molecular flexibility index (Phi) is 4.60. The molecule has 0 aliphatic heterocycles. The summed E-state index contributed by atoms with van der Waals surface area (Å²) in [7, 11) is 3.02. The fraction of sp³-hybridized carbons (Fsp3) is 1.00. The smallest absolute Gasteiger partial charge is 0.161 e. The average molecular weight is 164 g/mol. The van der Waals surface area contributed by atoms with Crippen LogP contribution in [0.2, 0.25) is 0 Å². The summed E-state index contributed by atoms with van der Waals surface area (Å²) in [6, 6.07) is 0. The third kappa shape index (κ3) is 3.16. The van der Waals surface area contributed by atoms with Crippen LogP contribution in [0.3, 0.4) is 0 Å². The predicted molar refractivity (Wildman–Crippen MR) is 40.1 cm³/mol. The minimum Gasteiger partial charge on any atom is -0.384 e. The fourth-order valence-electron chi connectivity index (χ4n) is 0.850. The molecule has 0 aromatic rings. The van der Waals surface area contributed by atoms with Gasteiger partial charge in [0.25, 0.3) is 0 Å². The first-order valence-electron chi connectivity index (χ1n) is 3.41. The lowest BCUT2D eigenvalue weighted by atomic mass is 9.92. The highest BCUT2D eigenvalue weighted by Gasteiger charge is 2.31. The van der Waals surface area contributed by atoms with E-state index in [-0.39, 0.29) is 13.2 Å². The molecule has 0 fully saturated rings. The van der Waals surface area contributed by atoms with E-state index in [1.165, 1.54) is 14.2 Å². The first kappa shape index (κ1) is 10.8. The molecule has 0 atom stereocenters. The Hall–Kier alpha value is -0.160. The van der Waals surface area contributed by atoms with Crippen molar-refractivity contribution in [1.29, 1.82) is 0 Å². The summed E-state index contributed by atoms with van der Waals surface area (Å²) in [6.45, 7) is 2.21. The predicted octanol–water partition coefficient (Wildman–Crippen LogP) is -0.404. The van der Waals surface area contributed by atoms with Crippen molar-refractivity contribution in [2.24, 2.45) is 5.41 Å². The molecule has 0 spiro atoms. The Balaban J connectivity index is 4.01. The zero-order valence-corrected chi connectivity index (χ0v) is 7.20. The number of aliphatic hydroxyl groups is 2. The van der Waals surface area contributed by atoms with Crippen molar-refractivity contribution >= 4 is 0 Å². The Morgan fingerprint density at radius 2 is 1.55 bits per heavy atom. The van der Waals surface area contributed by atoms with Gasteiger partial charge in [0.1, 0.15) is 0 Å². The fourth-order valence-corrected chi connectivity index (χ4v) is 0.850. The quantitative estimate of drug-likeness (QED) is 0.543. The van der Waals surface area contributed by atoms with Crippen LogP contribution in [0, 0.1) is 5.41 Å². The molecule has 0 aromatic heterocycles. The third-order valence-corrected chi connectivity index (χ3v) is 1.57. The van der Waals surface area contributed by atoms with Crippen molar-refractivity contribution in [2.75, 3.05) is 27.4 Å². The lowest BCUT2D eigenvalue weighted by Gasteiger charge is -2.29. The van der Waals surface area contributed by atoms with Crippen LogP contribution in [0.1, 0.15) is 6.92 Å². The van der Waals surface area contributed by atoms with Gasteiger partial charge in [0.15, 0.2) is 6.29 Å². The number of rotatable bonds is 5. The monoisotopic (exact) mass is 164 g/mol. The number of hydrogen-bond donors (Lipinski definition) is 2. The molecule has 0 bridgehead atoms. The molecule has 11 heavy (non-hydrogen) atoms. The van der Waals surface area contributed by atoms with Crippen molar-refractivity contribution in [3.63, 3.8) is 0 Å². The molecule has 0 saturated heterocycles. The largest absolute Gasteiger partial charge is 0.384 e. The van der Waals surface area contributed by atoms with Gasteiger partial charge in [-0.1, -0.05) is 6.92 Å². The maximum absolute atomic E-state index is 8.93. The maximum Gasteiger partial charge on any atom is 0.161 e. The van der Waals surface area contributed by atoms with Crippen LogP contribution in [-0.4, -0.2) is 43.9 Å². The number of aliphatic hydroxyl groups excluding tert-OH is 1. The van der Waals surface area contributed by atoms with Gasteiger partial charge >= 0.3 is 0 Å². The third-order valence-electron chi connectivity index (χ3n) is 1.57.